The number of rotatable bonds is 4. The minimum Gasteiger partial charge on any atom is -0.459 e. The molecule has 1 N–H and O–H groups in total. The Bertz CT molecular complexity index is 470. The number of carbonyl (C=O) groups is 1. The third kappa shape index (κ3) is 5.57. The Morgan fingerprint density at radius 1 is 1.21 bits per heavy atom. The zero-order valence-corrected chi connectivity index (χ0v) is 13.3. The van der Waals surface area contributed by atoms with Gasteiger partial charge in [0.25, 0.3) is 0 Å². The molecule has 0 atom stereocenters. The van der Waals surface area contributed by atoms with Gasteiger partial charge in [0.2, 0.25) is 0 Å². The molecule has 0 aromatic heterocycles. The first kappa shape index (κ1) is 16.6. The van der Waals surface area contributed by atoms with Gasteiger partial charge in [-0.05, 0) is 32.9 Å². The molecular weight excluding hydrogens is 309 g/mol. The van der Waals surface area contributed by atoms with E-state index >= 15 is 0 Å². The molecule has 0 heterocycles. The summed E-state index contributed by atoms with van der Waals surface area (Å²) in [6, 6.07) is 3.30. The Morgan fingerprint density at radius 3 is 2.37 bits per heavy atom. The van der Waals surface area contributed by atoms with Crippen molar-refractivity contribution in [1.82, 2.24) is 5.32 Å². The highest BCUT2D eigenvalue weighted by molar-refractivity contribution is 6.44. The second-order valence-corrected chi connectivity index (χ2v) is 6.20. The Morgan fingerprint density at radius 2 is 1.79 bits per heavy atom. The Kier molecular flexibility index (Phi) is 5.93. The molecule has 0 aliphatic carbocycles. The van der Waals surface area contributed by atoms with E-state index in [-0.39, 0.29) is 12.5 Å². The first-order valence-corrected chi connectivity index (χ1v) is 6.89. The van der Waals surface area contributed by atoms with Crippen LogP contribution in [0, 0.1) is 0 Å². The maximum atomic E-state index is 11.5. The predicted molar refractivity (Wildman–Crippen MR) is 79.0 cm³/mol. The molecule has 0 amide bonds. The number of halogens is 3. The van der Waals surface area contributed by atoms with Crippen LogP contribution in [0.4, 0.5) is 0 Å². The molecule has 6 heteroatoms. The van der Waals surface area contributed by atoms with Crippen LogP contribution in [0.1, 0.15) is 26.3 Å². The van der Waals surface area contributed by atoms with Crippen molar-refractivity contribution in [3.8, 4) is 0 Å². The number of hydrogen-bond donors (Lipinski definition) is 1. The summed E-state index contributed by atoms with van der Waals surface area (Å²) in [4.78, 5) is 11.5. The van der Waals surface area contributed by atoms with Gasteiger partial charge in [-0.1, -0.05) is 34.8 Å². The van der Waals surface area contributed by atoms with Crippen LogP contribution in [0.25, 0.3) is 0 Å². The van der Waals surface area contributed by atoms with Gasteiger partial charge in [-0.15, -0.1) is 0 Å². The van der Waals surface area contributed by atoms with Crippen molar-refractivity contribution in [3.05, 3.63) is 32.8 Å². The normalized spacial score (nSPS) is 11.5. The average molecular weight is 325 g/mol. The van der Waals surface area contributed by atoms with E-state index in [1.165, 1.54) is 0 Å². The highest BCUT2D eigenvalue weighted by atomic mass is 35.5. The number of hydrogen-bond acceptors (Lipinski definition) is 3. The van der Waals surface area contributed by atoms with Crippen LogP contribution in [0.15, 0.2) is 12.1 Å². The highest BCUT2D eigenvalue weighted by Gasteiger charge is 2.16. The molecule has 0 unspecified atom stereocenters. The second-order valence-electron chi connectivity index (χ2n) is 5.01. The lowest BCUT2D eigenvalue weighted by Gasteiger charge is -2.19. The summed E-state index contributed by atoms with van der Waals surface area (Å²) >= 11 is 18.0. The van der Waals surface area contributed by atoms with Crippen LogP contribution >= 0.6 is 34.8 Å². The van der Waals surface area contributed by atoms with E-state index in [1.807, 2.05) is 20.8 Å². The highest BCUT2D eigenvalue weighted by Crippen LogP contribution is 2.31. The molecule has 1 aromatic carbocycles. The van der Waals surface area contributed by atoms with Crippen LogP contribution in [-0.4, -0.2) is 18.1 Å². The topological polar surface area (TPSA) is 38.3 Å². The van der Waals surface area contributed by atoms with Crippen molar-refractivity contribution in [3.63, 3.8) is 0 Å². The smallest absolute Gasteiger partial charge is 0.320 e. The third-order valence-corrected chi connectivity index (χ3v) is 3.33. The van der Waals surface area contributed by atoms with Crippen molar-refractivity contribution < 1.29 is 9.53 Å². The molecule has 19 heavy (non-hydrogen) atoms. The zero-order valence-electron chi connectivity index (χ0n) is 11.0. The summed E-state index contributed by atoms with van der Waals surface area (Å²) in [6.45, 7) is 5.87. The molecule has 0 spiro atoms. The largest absolute Gasteiger partial charge is 0.459 e. The van der Waals surface area contributed by atoms with Crippen molar-refractivity contribution in [2.75, 3.05) is 6.54 Å². The van der Waals surface area contributed by atoms with Crippen LogP contribution in [-0.2, 0) is 16.1 Å². The van der Waals surface area contributed by atoms with Gasteiger partial charge in [0.1, 0.15) is 5.60 Å². The minimum absolute atomic E-state index is 0.0798. The van der Waals surface area contributed by atoms with Crippen LogP contribution in [0.5, 0.6) is 0 Å². The quantitative estimate of drug-likeness (QED) is 0.670. The molecule has 3 nitrogen and oxygen atoms in total. The fraction of sp³-hybridized carbons (Fsp3) is 0.462. The minimum atomic E-state index is -0.496. The van der Waals surface area contributed by atoms with Crippen LogP contribution in [0.3, 0.4) is 0 Å². The number of esters is 1. The van der Waals surface area contributed by atoms with Gasteiger partial charge < -0.3 is 10.1 Å². The predicted octanol–water partition coefficient (Wildman–Crippen LogP) is 4.08. The van der Waals surface area contributed by atoms with Crippen molar-refractivity contribution in [2.45, 2.75) is 32.9 Å². The molecular formula is C13H16Cl3NO2. The molecule has 1 rings (SSSR count). The molecule has 0 bridgehead atoms. The maximum absolute atomic E-state index is 11.5. The van der Waals surface area contributed by atoms with Crippen molar-refractivity contribution in [1.29, 1.82) is 0 Å². The van der Waals surface area contributed by atoms with Crippen LogP contribution < -0.4 is 5.32 Å². The van der Waals surface area contributed by atoms with E-state index < -0.39 is 5.60 Å². The lowest BCUT2D eigenvalue weighted by molar-refractivity contribution is -0.153. The molecule has 0 saturated carbocycles. The van der Waals surface area contributed by atoms with Crippen molar-refractivity contribution in [2.24, 2.45) is 0 Å². The first-order chi connectivity index (χ1) is 8.70. The van der Waals surface area contributed by atoms with Crippen molar-refractivity contribution >= 4 is 40.8 Å². The Balaban J connectivity index is 2.55. The summed E-state index contributed by atoms with van der Waals surface area (Å²) in [5.74, 6) is -0.332. The molecule has 0 aliphatic heterocycles. The molecule has 0 fully saturated rings. The monoisotopic (exact) mass is 323 g/mol. The van der Waals surface area contributed by atoms with Gasteiger partial charge >= 0.3 is 5.97 Å². The summed E-state index contributed by atoms with van der Waals surface area (Å²) in [5.41, 5.74) is 0.170. The van der Waals surface area contributed by atoms with Gasteiger partial charge in [-0.25, -0.2) is 0 Å². The zero-order chi connectivity index (χ0) is 14.6. The summed E-state index contributed by atoms with van der Waals surface area (Å²) < 4.78 is 5.17. The van der Waals surface area contributed by atoms with Gasteiger partial charge in [0.05, 0.1) is 16.6 Å². The van der Waals surface area contributed by atoms with E-state index in [4.69, 9.17) is 39.5 Å². The SMILES string of the molecule is CC(C)(C)OC(=O)CNCc1c(Cl)ccc(Cl)c1Cl. The fourth-order valence-electron chi connectivity index (χ4n) is 1.40. The van der Waals surface area contributed by atoms with Gasteiger partial charge in [0.15, 0.2) is 0 Å². The first-order valence-electron chi connectivity index (χ1n) is 5.75. The fourth-order valence-corrected chi connectivity index (χ4v) is 2.08. The molecule has 1 aromatic rings. The number of carbonyl (C=O) groups excluding carboxylic acids is 1. The molecule has 0 radical (unpaired) electrons. The number of nitrogens with one attached hydrogen (secondary N) is 1. The second kappa shape index (κ2) is 6.80. The van der Waals surface area contributed by atoms with Gasteiger partial charge in [-0.2, -0.15) is 0 Å². The molecule has 0 aliphatic rings. The molecule has 0 saturated heterocycles. The lowest BCUT2D eigenvalue weighted by Crippen LogP contribution is -2.31. The number of benzene rings is 1. The third-order valence-electron chi connectivity index (χ3n) is 2.13. The van der Waals surface area contributed by atoms with E-state index in [0.29, 0.717) is 27.2 Å². The van der Waals surface area contributed by atoms with E-state index in [1.54, 1.807) is 12.1 Å². The van der Waals surface area contributed by atoms with E-state index in [0.717, 1.165) is 0 Å². The maximum Gasteiger partial charge on any atom is 0.320 e. The average Bonchev–Trinajstić information content (AvgIpc) is 2.26. The Hall–Kier alpha value is -0.480. The molecule has 106 valence electrons. The standard InChI is InChI=1S/C13H16Cl3NO2/c1-13(2,3)19-11(18)7-17-6-8-9(14)4-5-10(15)12(8)16/h4-5,17H,6-7H2,1-3H3. The van der Waals surface area contributed by atoms with Gasteiger partial charge in [0, 0.05) is 17.1 Å². The lowest BCUT2D eigenvalue weighted by atomic mass is 10.2. The van der Waals surface area contributed by atoms with E-state index in [2.05, 4.69) is 5.32 Å². The summed E-state index contributed by atoms with van der Waals surface area (Å²) in [6.07, 6.45) is 0. The Labute approximate surface area is 128 Å². The summed E-state index contributed by atoms with van der Waals surface area (Å²) in [5, 5.41) is 4.26. The number of ether oxygens (including phenoxy) is 1. The van der Waals surface area contributed by atoms with Gasteiger partial charge in [-0.3, -0.25) is 4.79 Å². The van der Waals surface area contributed by atoms with E-state index in [9.17, 15) is 4.79 Å². The van der Waals surface area contributed by atoms with Crippen LogP contribution in [0.2, 0.25) is 15.1 Å². The summed E-state index contributed by atoms with van der Waals surface area (Å²) in [7, 11) is 0.